The van der Waals surface area contributed by atoms with Crippen LogP contribution in [0.2, 0.25) is 0 Å². The SMILES string of the molecule is CN=C(NCCCC1CCCC1)NCc1ncnn1C. The van der Waals surface area contributed by atoms with Crippen molar-refractivity contribution in [2.75, 3.05) is 13.6 Å². The summed E-state index contributed by atoms with van der Waals surface area (Å²) in [6, 6.07) is 0. The fourth-order valence-electron chi connectivity index (χ4n) is 2.76. The number of nitrogens with zero attached hydrogens (tertiary/aromatic N) is 4. The molecule has 1 aromatic rings. The fraction of sp³-hybridized carbons (Fsp3) is 0.786. The molecule has 6 heteroatoms. The Labute approximate surface area is 121 Å². The van der Waals surface area contributed by atoms with Gasteiger partial charge in [-0.3, -0.25) is 9.67 Å². The maximum atomic E-state index is 4.22. The summed E-state index contributed by atoms with van der Waals surface area (Å²) in [6.07, 6.45) is 9.84. The first-order valence-corrected chi connectivity index (χ1v) is 7.57. The molecule has 1 fully saturated rings. The van der Waals surface area contributed by atoms with Crippen LogP contribution in [0.1, 0.15) is 44.3 Å². The van der Waals surface area contributed by atoms with Crippen LogP contribution in [-0.4, -0.2) is 34.3 Å². The molecule has 2 N–H and O–H groups in total. The van der Waals surface area contributed by atoms with Crippen molar-refractivity contribution >= 4 is 5.96 Å². The van der Waals surface area contributed by atoms with Crippen molar-refractivity contribution in [3.8, 4) is 0 Å². The van der Waals surface area contributed by atoms with E-state index >= 15 is 0 Å². The first-order chi connectivity index (χ1) is 9.79. The van der Waals surface area contributed by atoms with Gasteiger partial charge in [0.1, 0.15) is 12.2 Å². The van der Waals surface area contributed by atoms with E-state index in [4.69, 9.17) is 0 Å². The van der Waals surface area contributed by atoms with Crippen molar-refractivity contribution in [2.45, 2.75) is 45.1 Å². The van der Waals surface area contributed by atoms with Crippen LogP contribution in [0.3, 0.4) is 0 Å². The first kappa shape index (κ1) is 14.8. The Morgan fingerprint density at radius 2 is 2.20 bits per heavy atom. The van der Waals surface area contributed by atoms with Crippen molar-refractivity contribution in [3.05, 3.63) is 12.2 Å². The summed E-state index contributed by atoms with van der Waals surface area (Å²) in [5.74, 6) is 2.70. The molecule has 0 atom stereocenters. The third-order valence-electron chi connectivity index (χ3n) is 4.00. The molecule has 6 nitrogen and oxygen atoms in total. The lowest BCUT2D eigenvalue weighted by atomic mass is 10.0. The largest absolute Gasteiger partial charge is 0.356 e. The molecule has 0 bridgehead atoms. The summed E-state index contributed by atoms with van der Waals surface area (Å²) in [5.41, 5.74) is 0. The molecular formula is C14H26N6. The van der Waals surface area contributed by atoms with Gasteiger partial charge in [-0.25, -0.2) is 4.98 Å². The number of aryl methyl sites for hydroxylation is 1. The molecule has 0 saturated heterocycles. The van der Waals surface area contributed by atoms with Crippen LogP contribution in [0.15, 0.2) is 11.3 Å². The summed E-state index contributed by atoms with van der Waals surface area (Å²) in [5, 5.41) is 10.7. The average molecular weight is 278 g/mol. The minimum Gasteiger partial charge on any atom is -0.356 e. The number of aromatic nitrogens is 3. The van der Waals surface area contributed by atoms with Gasteiger partial charge >= 0.3 is 0 Å². The van der Waals surface area contributed by atoms with E-state index in [9.17, 15) is 0 Å². The second kappa shape index (κ2) is 7.87. The van der Waals surface area contributed by atoms with Crippen molar-refractivity contribution in [1.29, 1.82) is 0 Å². The van der Waals surface area contributed by atoms with Crippen molar-refractivity contribution in [3.63, 3.8) is 0 Å². The van der Waals surface area contributed by atoms with E-state index in [2.05, 4.69) is 25.7 Å². The van der Waals surface area contributed by atoms with Gasteiger partial charge in [0.25, 0.3) is 0 Å². The molecule has 1 aromatic heterocycles. The van der Waals surface area contributed by atoms with E-state index in [0.29, 0.717) is 6.54 Å². The van der Waals surface area contributed by atoms with Crippen LogP contribution in [0.25, 0.3) is 0 Å². The summed E-state index contributed by atoms with van der Waals surface area (Å²) in [4.78, 5) is 8.40. The summed E-state index contributed by atoms with van der Waals surface area (Å²) < 4.78 is 1.76. The van der Waals surface area contributed by atoms with Crippen molar-refractivity contribution < 1.29 is 0 Å². The molecule has 1 aliphatic rings. The minimum absolute atomic E-state index is 0.638. The zero-order valence-electron chi connectivity index (χ0n) is 12.6. The van der Waals surface area contributed by atoms with Crippen molar-refractivity contribution in [1.82, 2.24) is 25.4 Å². The van der Waals surface area contributed by atoms with E-state index in [-0.39, 0.29) is 0 Å². The minimum atomic E-state index is 0.638. The molecule has 20 heavy (non-hydrogen) atoms. The fourth-order valence-corrected chi connectivity index (χ4v) is 2.76. The van der Waals surface area contributed by atoms with E-state index in [1.54, 1.807) is 18.1 Å². The predicted octanol–water partition coefficient (Wildman–Crippen LogP) is 1.45. The Kier molecular flexibility index (Phi) is 5.83. The van der Waals surface area contributed by atoms with Gasteiger partial charge in [-0.1, -0.05) is 25.7 Å². The topological polar surface area (TPSA) is 67.1 Å². The molecular weight excluding hydrogens is 252 g/mol. The van der Waals surface area contributed by atoms with Crippen LogP contribution in [0.5, 0.6) is 0 Å². The molecule has 0 unspecified atom stereocenters. The van der Waals surface area contributed by atoms with Gasteiger partial charge in [0.05, 0.1) is 6.54 Å². The summed E-state index contributed by atoms with van der Waals surface area (Å²) in [7, 11) is 3.69. The smallest absolute Gasteiger partial charge is 0.191 e. The number of rotatable bonds is 6. The van der Waals surface area contributed by atoms with E-state index in [1.807, 2.05) is 7.05 Å². The van der Waals surface area contributed by atoms with Crippen LogP contribution in [0, 0.1) is 5.92 Å². The zero-order valence-corrected chi connectivity index (χ0v) is 12.6. The lowest BCUT2D eigenvalue weighted by Crippen LogP contribution is -2.37. The van der Waals surface area contributed by atoms with Crippen LogP contribution in [0.4, 0.5) is 0 Å². The third-order valence-corrected chi connectivity index (χ3v) is 4.00. The van der Waals surface area contributed by atoms with Gasteiger partial charge in [0.15, 0.2) is 5.96 Å². The summed E-state index contributed by atoms with van der Waals surface area (Å²) >= 11 is 0. The quantitative estimate of drug-likeness (QED) is 0.469. The Morgan fingerprint density at radius 3 is 2.85 bits per heavy atom. The highest BCUT2D eigenvalue weighted by Crippen LogP contribution is 2.28. The van der Waals surface area contributed by atoms with E-state index in [1.165, 1.54) is 38.5 Å². The normalized spacial score (nSPS) is 16.6. The van der Waals surface area contributed by atoms with Crippen LogP contribution >= 0.6 is 0 Å². The maximum Gasteiger partial charge on any atom is 0.191 e. The Hall–Kier alpha value is -1.59. The highest BCUT2D eigenvalue weighted by molar-refractivity contribution is 5.79. The molecule has 2 rings (SSSR count). The van der Waals surface area contributed by atoms with Gasteiger partial charge in [0.2, 0.25) is 0 Å². The van der Waals surface area contributed by atoms with Gasteiger partial charge in [-0.2, -0.15) is 5.10 Å². The highest BCUT2D eigenvalue weighted by Gasteiger charge is 2.14. The van der Waals surface area contributed by atoms with E-state index < -0.39 is 0 Å². The highest BCUT2D eigenvalue weighted by atomic mass is 15.3. The number of aliphatic imine (C=N–C) groups is 1. The number of nitrogens with one attached hydrogen (secondary N) is 2. The molecule has 0 radical (unpaired) electrons. The number of guanidine groups is 1. The van der Waals surface area contributed by atoms with Gasteiger partial charge in [-0.15, -0.1) is 0 Å². The molecule has 1 saturated carbocycles. The Balaban J connectivity index is 1.61. The van der Waals surface area contributed by atoms with Crippen LogP contribution in [-0.2, 0) is 13.6 Å². The molecule has 1 heterocycles. The van der Waals surface area contributed by atoms with Gasteiger partial charge in [0, 0.05) is 20.6 Å². The lowest BCUT2D eigenvalue weighted by Gasteiger charge is -2.13. The second-order valence-electron chi connectivity index (χ2n) is 5.45. The third kappa shape index (κ3) is 4.51. The molecule has 0 aromatic carbocycles. The molecule has 0 aliphatic heterocycles. The standard InChI is InChI=1S/C14H26N6/c1-15-14(17-10-13-18-11-19-20(13)2)16-9-5-8-12-6-3-4-7-12/h11-12H,3-10H2,1-2H3,(H2,15,16,17). The summed E-state index contributed by atoms with van der Waals surface area (Å²) in [6.45, 7) is 1.62. The number of hydrogen-bond donors (Lipinski definition) is 2. The van der Waals surface area contributed by atoms with Crippen molar-refractivity contribution in [2.24, 2.45) is 18.0 Å². The monoisotopic (exact) mass is 278 g/mol. The molecule has 112 valence electrons. The maximum absolute atomic E-state index is 4.22. The average Bonchev–Trinajstić information content (AvgIpc) is 3.10. The van der Waals surface area contributed by atoms with Crippen LogP contribution < -0.4 is 10.6 Å². The zero-order chi connectivity index (χ0) is 14.2. The predicted molar refractivity (Wildman–Crippen MR) is 80.4 cm³/mol. The Morgan fingerprint density at radius 1 is 1.40 bits per heavy atom. The first-order valence-electron chi connectivity index (χ1n) is 7.57. The molecule has 1 aliphatic carbocycles. The van der Waals surface area contributed by atoms with Gasteiger partial charge < -0.3 is 10.6 Å². The molecule has 0 spiro atoms. The second-order valence-corrected chi connectivity index (χ2v) is 5.45. The molecule has 0 amide bonds. The van der Waals surface area contributed by atoms with E-state index in [0.717, 1.165) is 24.2 Å². The Bertz CT molecular complexity index is 419. The number of hydrogen-bond acceptors (Lipinski definition) is 3. The lowest BCUT2D eigenvalue weighted by molar-refractivity contribution is 0.481. The van der Waals surface area contributed by atoms with Gasteiger partial charge in [-0.05, 0) is 18.8 Å².